The molecule has 4 nitrogen and oxygen atoms in total. The summed E-state index contributed by atoms with van der Waals surface area (Å²) in [7, 11) is -0.293. The summed E-state index contributed by atoms with van der Waals surface area (Å²) >= 11 is 0. The monoisotopic (exact) mass is 147 g/mol. The molecule has 0 saturated carbocycles. The lowest BCUT2D eigenvalue weighted by molar-refractivity contribution is 0.218. The molecule has 0 aliphatic carbocycles. The fraction of sp³-hybridized carbons (Fsp3) is 0.250. The molecule has 0 bridgehead atoms. The van der Waals surface area contributed by atoms with E-state index in [0.717, 1.165) is 10.3 Å². The van der Waals surface area contributed by atoms with Crippen molar-refractivity contribution in [2.75, 3.05) is 7.05 Å². The maximum atomic E-state index is 10.5. The maximum absolute atomic E-state index is 10.5. The number of amides is 1. The number of hydrogen-bond donors (Lipinski definition) is 1. The Labute approximate surface area is 54.2 Å². The second-order valence-corrected chi connectivity index (χ2v) is 2.78. The van der Waals surface area contributed by atoms with E-state index in [1.54, 1.807) is 0 Å². The molecule has 1 N–H and O–H groups in total. The van der Waals surface area contributed by atoms with Crippen LogP contribution >= 0.6 is 0 Å². The molecule has 5 heteroatoms. The zero-order chi connectivity index (χ0) is 7.02. The van der Waals surface area contributed by atoms with Crippen molar-refractivity contribution in [1.29, 1.82) is 0 Å². The van der Waals surface area contributed by atoms with Gasteiger partial charge in [-0.25, -0.2) is 4.21 Å². The molecule has 1 rings (SSSR count). The summed E-state index contributed by atoms with van der Waals surface area (Å²) in [6.07, 6.45) is 0. The molecule has 0 aromatic rings. The summed E-state index contributed by atoms with van der Waals surface area (Å²) in [5.74, 6) is -0.238. The summed E-state index contributed by atoms with van der Waals surface area (Å²) in [5.41, 5.74) is 0. The zero-order valence-electron chi connectivity index (χ0n) is 4.70. The molecule has 50 valence electrons. The van der Waals surface area contributed by atoms with E-state index in [1.165, 1.54) is 7.05 Å². The summed E-state index contributed by atoms with van der Waals surface area (Å²) in [6.45, 7) is 0. The third-order valence-corrected chi connectivity index (χ3v) is 2.05. The maximum Gasteiger partial charge on any atom is 0.322 e. The first-order valence-corrected chi connectivity index (χ1v) is 3.43. The van der Waals surface area contributed by atoms with E-state index < -0.39 is 16.0 Å². The minimum Gasteiger partial charge on any atom is -0.494 e. The first-order valence-electron chi connectivity index (χ1n) is 2.22. The molecule has 9 heavy (non-hydrogen) atoms. The van der Waals surface area contributed by atoms with Gasteiger partial charge in [0.2, 0.25) is 5.88 Å². The van der Waals surface area contributed by atoms with E-state index in [-0.39, 0.29) is 5.88 Å². The normalized spacial score (nSPS) is 26.8. The fourth-order valence-corrected chi connectivity index (χ4v) is 1.27. The van der Waals surface area contributed by atoms with Gasteiger partial charge in [0.15, 0.2) is 0 Å². The molecule has 1 atom stereocenters. The van der Waals surface area contributed by atoms with E-state index >= 15 is 0 Å². The number of hydrogen-bond acceptors (Lipinski definition) is 3. The second kappa shape index (κ2) is 1.84. The van der Waals surface area contributed by atoms with Crippen LogP contribution in [-0.4, -0.2) is 26.5 Å². The van der Waals surface area contributed by atoms with Gasteiger partial charge in [-0.2, -0.15) is 0 Å². The van der Waals surface area contributed by atoms with Gasteiger partial charge in [0.1, 0.15) is 10.8 Å². The van der Waals surface area contributed by atoms with Crippen LogP contribution in [0.3, 0.4) is 0 Å². The van der Waals surface area contributed by atoms with Crippen molar-refractivity contribution in [2.24, 2.45) is 0 Å². The topological polar surface area (TPSA) is 57.6 Å². The lowest BCUT2D eigenvalue weighted by Gasteiger charge is -2.04. The van der Waals surface area contributed by atoms with Gasteiger partial charge in [-0.1, -0.05) is 0 Å². The van der Waals surface area contributed by atoms with Gasteiger partial charge in [-0.3, -0.25) is 9.69 Å². The molecule has 1 heterocycles. The molecule has 0 aromatic carbocycles. The van der Waals surface area contributed by atoms with Crippen LogP contribution in [0.4, 0.5) is 4.79 Å². The number of carbonyl (C=O) groups excluding carboxylic acids is 1. The number of rotatable bonds is 0. The molecule has 0 aromatic heterocycles. The van der Waals surface area contributed by atoms with Crippen molar-refractivity contribution in [2.45, 2.75) is 0 Å². The summed E-state index contributed by atoms with van der Waals surface area (Å²) in [4.78, 5) is 11.5. The van der Waals surface area contributed by atoms with Crippen LogP contribution in [0.1, 0.15) is 0 Å². The van der Waals surface area contributed by atoms with E-state index in [2.05, 4.69) is 0 Å². The van der Waals surface area contributed by atoms with Crippen molar-refractivity contribution >= 4 is 16.0 Å². The quantitative estimate of drug-likeness (QED) is 0.531. The summed E-state index contributed by atoms with van der Waals surface area (Å²) < 4.78 is 10.5. The highest BCUT2D eigenvalue weighted by Crippen LogP contribution is 2.11. The van der Waals surface area contributed by atoms with E-state index in [9.17, 15) is 9.00 Å². The minimum atomic E-state index is -1.65. The van der Waals surface area contributed by atoms with Gasteiger partial charge in [-0.15, -0.1) is 0 Å². The molecule has 0 saturated heterocycles. The Morgan fingerprint density at radius 1 is 1.78 bits per heavy atom. The Morgan fingerprint density at radius 2 is 2.33 bits per heavy atom. The average molecular weight is 147 g/mol. The Hall–Kier alpha value is -0.840. The lowest BCUT2D eigenvalue weighted by Crippen LogP contribution is -2.19. The second-order valence-electron chi connectivity index (χ2n) is 1.60. The molecular weight excluding hydrogens is 142 g/mol. The van der Waals surface area contributed by atoms with Gasteiger partial charge in [0.25, 0.3) is 0 Å². The number of aliphatic hydroxyl groups excluding tert-OH is 1. The Bertz CT molecular complexity index is 210. The Kier molecular flexibility index (Phi) is 1.28. The molecule has 0 spiro atoms. The zero-order valence-corrected chi connectivity index (χ0v) is 5.51. The van der Waals surface area contributed by atoms with Crippen LogP contribution in [0.2, 0.25) is 0 Å². The summed E-state index contributed by atoms with van der Waals surface area (Å²) in [5, 5.41) is 9.14. The largest absolute Gasteiger partial charge is 0.494 e. The summed E-state index contributed by atoms with van der Waals surface area (Å²) in [6, 6.07) is 0. The van der Waals surface area contributed by atoms with Gasteiger partial charge in [0.05, 0.1) is 5.41 Å². The van der Waals surface area contributed by atoms with Crippen LogP contribution in [0.5, 0.6) is 0 Å². The molecular formula is C4H5NO3S. The van der Waals surface area contributed by atoms with Gasteiger partial charge < -0.3 is 5.11 Å². The first-order chi connectivity index (χ1) is 4.13. The van der Waals surface area contributed by atoms with Crippen molar-refractivity contribution in [1.82, 2.24) is 4.90 Å². The van der Waals surface area contributed by atoms with Crippen LogP contribution < -0.4 is 0 Å². The van der Waals surface area contributed by atoms with Crippen molar-refractivity contribution in [3.63, 3.8) is 0 Å². The number of nitrogens with zero attached hydrogens (tertiary/aromatic N) is 1. The highest BCUT2D eigenvalue weighted by Gasteiger charge is 2.25. The molecule has 0 radical (unpaired) electrons. The van der Waals surface area contributed by atoms with E-state index in [0.29, 0.717) is 0 Å². The van der Waals surface area contributed by atoms with Crippen molar-refractivity contribution < 1.29 is 14.1 Å². The van der Waals surface area contributed by atoms with E-state index in [1.807, 2.05) is 0 Å². The predicted octanol–water partition coefficient (Wildman–Crippen LogP) is 0.157. The van der Waals surface area contributed by atoms with Crippen LogP contribution in [0, 0.1) is 0 Å². The number of carbonyl (C=O) groups is 1. The third kappa shape index (κ3) is 0.829. The van der Waals surface area contributed by atoms with Crippen molar-refractivity contribution in [3.05, 3.63) is 11.3 Å². The van der Waals surface area contributed by atoms with Gasteiger partial charge in [0, 0.05) is 7.05 Å². The molecule has 1 aliphatic heterocycles. The highest BCUT2D eigenvalue weighted by molar-refractivity contribution is 8.03. The van der Waals surface area contributed by atoms with Crippen LogP contribution in [0.25, 0.3) is 0 Å². The third-order valence-electron chi connectivity index (χ3n) is 1.00. The Balaban J connectivity index is 2.95. The van der Waals surface area contributed by atoms with Crippen molar-refractivity contribution in [3.8, 4) is 0 Å². The van der Waals surface area contributed by atoms with Gasteiger partial charge in [-0.05, 0) is 0 Å². The number of aliphatic hydroxyl groups is 1. The smallest absolute Gasteiger partial charge is 0.322 e. The molecule has 1 amide bonds. The van der Waals surface area contributed by atoms with Crippen LogP contribution in [-0.2, 0) is 10.8 Å². The Morgan fingerprint density at radius 3 is 2.44 bits per heavy atom. The lowest BCUT2D eigenvalue weighted by atomic mass is 10.8. The molecule has 0 fully saturated rings. The standard InChI is InChI=1S/C4H5NO3S/c1-5-3(6)2-9(8)4(5)7/h2,6H,1H3. The fourth-order valence-electron chi connectivity index (χ4n) is 0.454. The van der Waals surface area contributed by atoms with Gasteiger partial charge >= 0.3 is 5.24 Å². The van der Waals surface area contributed by atoms with Crippen LogP contribution in [0.15, 0.2) is 11.3 Å². The minimum absolute atomic E-state index is 0.238. The molecule has 1 unspecified atom stereocenters. The highest BCUT2D eigenvalue weighted by atomic mass is 32.2. The first kappa shape index (κ1) is 6.28. The van der Waals surface area contributed by atoms with E-state index in [4.69, 9.17) is 5.11 Å². The average Bonchev–Trinajstić information content (AvgIpc) is 1.98. The predicted molar refractivity (Wildman–Crippen MR) is 32.0 cm³/mol. The SMILES string of the molecule is CN1C(=O)S(=O)C=C1O. The molecule has 1 aliphatic rings.